The fourth-order valence-electron chi connectivity index (χ4n) is 1.90. The quantitative estimate of drug-likeness (QED) is 0.799. The van der Waals surface area contributed by atoms with Crippen LogP contribution in [0.3, 0.4) is 0 Å². The second-order valence-electron chi connectivity index (χ2n) is 4.24. The largest absolute Gasteiger partial charge is 0.399 e. The molecule has 0 amide bonds. The van der Waals surface area contributed by atoms with Crippen molar-refractivity contribution >= 4 is 11.5 Å². The van der Waals surface area contributed by atoms with Crippen LogP contribution < -0.4 is 10.6 Å². The minimum Gasteiger partial charge on any atom is -0.399 e. The van der Waals surface area contributed by atoms with Crippen molar-refractivity contribution in [3.8, 4) is 0 Å². The molecule has 1 aromatic rings. The van der Waals surface area contributed by atoms with Crippen LogP contribution in [-0.2, 0) is 0 Å². The first kappa shape index (κ1) is 11.1. The molecule has 1 aromatic heterocycles. The third-order valence-corrected chi connectivity index (χ3v) is 2.78. The highest BCUT2D eigenvalue weighted by Gasteiger charge is 2.34. The molecule has 1 fully saturated rings. The lowest BCUT2D eigenvalue weighted by Gasteiger charge is -2.32. The predicted octanol–water partition coefficient (Wildman–Crippen LogP) is 2.21. The molecule has 1 aliphatic heterocycles. The summed E-state index contributed by atoms with van der Waals surface area (Å²) in [4.78, 5) is 6.17. The van der Waals surface area contributed by atoms with Gasteiger partial charge in [0.2, 0.25) is 0 Å². The molecule has 1 aliphatic rings. The van der Waals surface area contributed by atoms with E-state index in [2.05, 4.69) is 4.98 Å². The Kier molecular flexibility index (Phi) is 2.69. The Morgan fingerprint density at radius 2 is 1.94 bits per heavy atom. The van der Waals surface area contributed by atoms with Crippen LogP contribution in [-0.4, -0.2) is 24.0 Å². The molecule has 16 heavy (non-hydrogen) atoms. The van der Waals surface area contributed by atoms with E-state index < -0.39 is 5.92 Å². The normalized spacial score (nSPS) is 19.8. The minimum atomic E-state index is -2.52. The van der Waals surface area contributed by atoms with Gasteiger partial charge in [-0.15, -0.1) is 0 Å². The zero-order valence-corrected chi connectivity index (χ0v) is 9.21. The average Bonchev–Trinajstić information content (AvgIpc) is 2.15. The van der Waals surface area contributed by atoms with Gasteiger partial charge in [0.25, 0.3) is 5.92 Å². The third kappa shape index (κ3) is 2.40. The molecule has 0 unspecified atom stereocenters. The van der Waals surface area contributed by atoms with Crippen molar-refractivity contribution in [1.82, 2.24) is 4.98 Å². The van der Waals surface area contributed by atoms with Crippen LogP contribution in [0.4, 0.5) is 20.3 Å². The van der Waals surface area contributed by atoms with Crippen LogP contribution in [0.5, 0.6) is 0 Å². The summed E-state index contributed by atoms with van der Waals surface area (Å²) in [5.41, 5.74) is 7.14. The highest BCUT2D eigenvalue weighted by Crippen LogP contribution is 2.30. The van der Waals surface area contributed by atoms with E-state index in [1.165, 1.54) is 0 Å². The van der Waals surface area contributed by atoms with E-state index in [1.54, 1.807) is 12.1 Å². The number of anilines is 2. The van der Waals surface area contributed by atoms with Gasteiger partial charge in [0.15, 0.2) is 0 Å². The maximum atomic E-state index is 13.0. The lowest BCUT2D eigenvalue weighted by molar-refractivity contribution is -0.0221. The lowest BCUT2D eigenvalue weighted by Crippen LogP contribution is -2.39. The summed E-state index contributed by atoms with van der Waals surface area (Å²) in [6.07, 6.45) is -0.217. The summed E-state index contributed by atoms with van der Waals surface area (Å²) in [7, 11) is 0. The summed E-state index contributed by atoms with van der Waals surface area (Å²) in [6.45, 7) is 2.52. The minimum absolute atomic E-state index is 0.109. The van der Waals surface area contributed by atoms with Crippen LogP contribution in [0.2, 0.25) is 0 Å². The molecule has 0 atom stereocenters. The molecule has 5 heteroatoms. The van der Waals surface area contributed by atoms with Crippen molar-refractivity contribution in [2.45, 2.75) is 25.7 Å². The van der Waals surface area contributed by atoms with E-state index in [9.17, 15) is 8.78 Å². The maximum absolute atomic E-state index is 13.0. The fraction of sp³-hybridized carbons (Fsp3) is 0.545. The Morgan fingerprint density at radius 1 is 1.31 bits per heavy atom. The Morgan fingerprint density at radius 3 is 2.50 bits per heavy atom. The maximum Gasteiger partial charge on any atom is 0.251 e. The van der Waals surface area contributed by atoms with Crippen molar-refractivity contribution in [3.05, 3.63) is 17.8 Å². The number of hydrogen-bond donors (Lipinski definition) is 1. The molecule has 0 spiro atoms. The standard InChI is InChI=1S/C11H15F2N3/c1-8-6-9(14)7-10(15-8)16-4-2-11(12,13)3-5-16/h6-7H,2-5H2,1H3,(H2,14,15). The molecule has 2 N–H and O–H groups in total. The average molecular weight is 227 g/mol. The van der Waals surface area contributed by atoms with Gasteiger partial charge < -0.3 is 10.6 Å². The number of nitrogen functional groups attached to an aromatic ring is 1. The molecule has 88 valence electrons. The number of aryl methyl sites for hydroxylation is 1. The molecule has 0 bridgehead atoms. The topological polar surface area (TPSA) is 42.1 Å². The SMILES string of the molecule is Cc1cc(N)cc(N2CCC(F)(F)CC2)n1. The number of pyridine rings is 1. The molecule has 2 heterocycles. The van der Waals surface area contributed by atoms with Crippen LogP contribution in [0.15, 0.2) is 12.1 Å². The molecule has 0 aliphatic carbocycles. The molecule has 1 saturated heterocycles. The number of halogens is 2. The van der Waals surface area contributed by atoms with Gasteiger partial charge in [0, 0.05) is 43.4 Å². The van der Waals surface area contributed by atoms with Crippen molar-refractivity contribution in [1.29, 1.82) is 0 Å². The van der Waals surface area contributed by atoms with E-state index in [0.29, 0.717) is 24.6 Å². The van der Waals surface area contributed by atoms with Gasteiger partial charge in [-0.05, 0) is 13.0 Å². The number of rotatable bonds is 1. The molecular weight excluding hydrogens is 212 g/mol. The monoisotopic (exact) mass is 227 g/mol. The van der Waals surface area contributed by atoms with Crippen molar-refractivity contribution in [3.63, 3.8) is 0 Å². The van der Waals surface area contributed by atoms with Gasteiger partial charge in [-0.1, -0.05) is 0 Å². The van der Waals surface area contributed by atoms with Gasteiger partial charge in [0.1, 0.15) is 5.82 Å². The summed E-state index contributed by atoms with van der Waals surface area (Å²) >= 11 is 0. The molecular formula is C11H15F2N3. The van der Waals surface area contributed by atoms with Gasteiger partial charge in [-0.3, -0.25) is 0 Å². The first-order chi connectivity index (χ1) is 7.46. The number of nitrogens with two attached hydrogens (primary N) is 1. The van der Waals surface area contributed by atoms with Crippen LogP contribution >= 0.6 is 0 Å². The highest BCUT2D eigenvalue weighted by molar-refractivity contribution is 5.52. The van der Waals surface area contributed by atoms with Gasteiger partial charge >= 0.3 is 0 Å². The zero-order chi connectivity index (χ0) is 11.8. The smallest absolute Gasteiger partial charge is 0.251 e. The Labute approximate surface area is 93.3 Å². The first-order valence-corrected chi connectivity index (χ1v) is 5.33. The third-order valence-electron chi connectivity index (χ3n) is 2.78. The molecule has 0 radical (unpaired) electrons. The molecule has 2 rings (SSSR count). The van der Waals surface area contributed by atoms with Crippen LogP contribution in [0.1, 0.15) is 18.5 Å². The molecule has 3 nitrogen and oxygen atoms in total. The van der Waals surface area contributed by atoms with E-state index >= 15 is 0 Å². The number of piperidine rings is 1. The van der Waals surface area contributed by atoms with E-state index in [0.717, 1.165) is 5.69 Å². The van der Waals surface area contributed by atoms with Gasteiger partial charge in [0.05, 0.1) is 0 Å². The van der Waals surface area contributed by atoms with Crippen molar-refractivity contribution < 1.29 is 8.78 Å². The van der Waals surface area contributed by atoms with E-state index in [1.807, 2.05) is 11.8 Å². The van der Waals surface area contributed by atoms with Crippen LogP contribution in [0.25, 0.3) is 0 Å². The Bertz CT molecular complexity index is 363. The van der Waals surface area contributed by atoms with Gasteiger partial charge in [-0.2, -0.15) is 0 Å². The fourth-order valence-corrected chi connectivity index (χ4v) is 1.90. The summed E-state index contributed by atoms with van der Waals surface area (Å²) in [5.74, 6) is -1.82. The summed E-state index contributed by atoms with van der Waals surface area (Å²) in [6, 6.07) is 3.50. The number of hydrogen-bond acceptors (Lipinski definition) is 3. The summed E-state index contributed by atoms with van der Waals surface area (Å²) in [5, 5.41) is 0. The van der Waals surface area contributed by atoms with Gasteiger partial charge in [-0.25, -0.2) is 13.8 Å². The van der Waals surface area contributed by atoms with E-state index in [4.69, 9.17) is 5.73 Å². The summed E-state index contributed by atoms with van der Waals surface area (Å²) < 4.78 is 26.0. The zero-order valence-electron chi connectivity index (χ0n) is 9.21. The predicted molar refractivity (Wildman–Crippen MR) is 59.8 cm³/mol. The Hall–Kier alpha value is -1.39. The molecule has 0 saturated carbocycles. The van der Waals surface area contributed by atoms with Crippen molar-refractivity contribution in [2.24, 2.45) is 0 Å². The van der Waals surface area contributed by atoms with E-state index in [-0.39, 0.29) is 12.8 Å². The number of alkyl halides is 2. The second-order valence-corrected chi connectivity index (χ2v) is 4.24. The van der Waals surface area contributed by atoms with Crippen LogP contribution in [0, 0.1) is 6.92 Å². The molecule has 0 aromatic carbocycles. The first-order valence-electron chi connectivity index (χ1n) is 5.33. The number of nitrogens with zero attached hydrogens (tertiary/aromatic N) is 2. The van der Waals surface area contributed by atoms with Crippen molar-refractivity contribution in [2.75, 3.05) is 23.7 Å². The second kappa shape index (κ2) is 3.88. The number of aromatic nitrogens is 1. The highest BCUT2D eigenvalue weighted by atomic mass is 19.3. The Balaban J connectivity index is 2.14. The lowest BCUT2D eigenvalue weighted by atomic mass is 10.1.